The molecular weight excluding hydrogens is 252 g/mol. The van der Waals surface area contributed by atoms with E-state index in [0.717, 1.165) is 17.8 Å². The molecule has 116 valence electrons. The van der Waals surface area contributed by atoms with Crippen molar-refractivity contribution in [3.8, 4) is 0 Å². The third-order valence-corrected chi connectivity index (χ3v) is 6.10. The lowest BCUT2D eigenvalue weighted by Gasteiger charge is -2.32. The maximum absolute atomic E-state index is 2.44. The first-order valence-corrected chi connectivity index (χ1v) is 9.34. The second-order valence-electron chi connectivity index (χ2n) is 7.72. The molecule has 1 atom stereocenters. The van der Waals surface area contributed by atoms with E-state index in [1.165, 1.54) is 69.8 Å². The lowest BCUT2D eigenvalue weighted by atomic mass is 9.73. The minimum absolute atomic E-state index is 0.957. The van der Waals surface area contributed by atoms with E-state index >= 15 is 0 Å². The first-order valence-electron chi connectivity index (χ1n) is 9.34. The number of hydrogen-bond acceptors (Lipinski definition) is 0. The van der Waals surface area contributed by atoms with Crippen LogP contribution in [0.2, 0.25) is 0 Å². The van der Waals surface area contributed by atoms with Gasteiger partial charge in [0.1, 0.15) is 0 Å². The number of aryl methyl sites for hydroxylation is 1. The third-order valence-electron chi connectivity index (χ3n) is 6.10. The van der Waals surface area contributed by atoms with Gasteiger partial charge in [-0.2, -0.15) is 0 Å². The number of unbranched alkanes of at least 4 members (excludes halogenated alkanes) is 2. The van der Waals surface area contributed by atoms with Gasteiger partial charge in [-0.3, -0.25) is 0 Å². The minimum atomic E-state index is 0.957. The van der Waals surface area contributed by atoms with Gasteiger partial charge < -0.3 is 0 Å². The van der Waals surface area contributed by atoms with E-state index in [1.54, 1.807) is 11.1 Å². The molecule has 0 radical (unpaired) electrons. The molecule has 0 saturated heterocycles. The zero-order valence-corrected chi connectivity index (χ0v) is 14.0. The van der Waals surface area contributed by atoms with E-state index < -0.39 is 0 Å². The molecule has 1 saturated carbocycles. The summed E-state index contributed by atoms with van der Waals surface area (Å²) in [4.78, 5) is 0. The molecule has 0 spiro atoms. The highest BCUT2D eigenvalue weighted by molar-refractivity contribution is 5.35. The van der Waals surface area contributed by atoms with Crippen molar-refractivity contribution < 1.29 is 0 Å². The maximum atomic E-state index is 2.44. The van der Waals surface area contributed by atoms with Crippen LogP contribution in [0.15, 0.2) is 18.2 Å². The van der Waals surface area contributed by atoms with Crippen LogP contribution in [0.1, 0.15) is 75.0 Å². The zero-order chi connectivity index (χ0) is 14.7. The van der Waals surface area contributed by atoms with Gasteiger partial charge in [-0.1, -0.05) is 69.2 Å². The Morgan fingerprint density at radius 3 is 2.43 bits per heavy atom. The average Bonchev–Trinajstić information content (AvgIpc) is 2.91. The van der Waals surface area contributed by atoms with E-state index in [2.05, 4.69) is 32.0 Å². The molecule has 21 heavy (non-hydrogen) atoms. The molecule has 0 heterocycles. The molecular formula is C21H32. The fraction of sp³-hybridized carbons (Fsp3) is 0.714. The molecule has 1 aromatic rings. The van der Waals surface area contributed by atoms with Gasteiger partial charge in [0.25, 0.3) is 0 Å². The van der Waals surface area contributed by atoms with Crippen LogP contribution in [-0.4, -0.2) is 0 Å². The summed E-state index contributed by atoms with van der Waals surface area (Å²) in [5, 5.41) is 0. The Bertz CT molecular complexity index is 451. The number of hydrogen-bond donors (Lipinski definition) is 0. The van der Waals surface area contributed by atoms with E-state index in [4.69, 9.17) is 0 Å². The van der Waals surface area contributed by atoms with Crippen molar-refractivity contribution in [3.05, 3.63) is 34.9 Å². The van der Waals surface area contributed by atoms with Crippen molar-refractivity contribution in [2.75, 3.05) is 0 Å². The van der Waals surface area contributed by atoms with Crippen molar-refractivity contribution in [1.82, 2.24) is 0 Å². The smallest absolute Gasteiger partial charge is 0.0242 e. The van der Waals surface area contributed by atoms with Gasteiger partial charge in [0.2, 0.25) is 0 Å². The Morgan fingerprint density at radius 1 is 0.905 bits per heavy atom. The summed E-state index contributed by atoms with van der Waals surface area (Å²) < 4.78 is 0. The molecule has 0 heteroatoms. The predicted octanol–water partition coefficient (Wildman–Crippen LogP) is 6.10. The van der Waals surface area contributed by atoms with Crippen LogP contribution >= 0.6 is 0 Å². The van der Waals surface area contributed by atoms with Crippen LogP contribution in [0.3, 0.4) is 0 Å². The van der Waals surface area contributed by atoms with Crippen molar-refractivity contribution in [2.24, 2.45) is 17.8 Å². The van der Waals surface area contributed by atoms with Gasteiger partial charge in [-0.15, -0.1) is 0 Å². The van der Waals surface area contributed by atoms with E-state index in [-0.39, 0.29) is 0 Å². The van der Waals surface area contributed by atoms with Crippen LogP contribution < -0.4 is 0 Å². The van der Waals surface area contributed by atoms with Crippen LogP contribution in [0.4, 0.5) is 0 Å². The molecule has 0 aromatic heterocycles. The quantitative estimate of drug-likeness (QED) is 0.573. The van der Waals surface area contributed by atoms with Crippen LogP contribution in [-0.2, 0) is 12.8 Å². The van der Waals surface area contributed by atoms with Crippen molar-refractivity contribution in [3.63, 3.8) is 0 Å². The van der Waals surface area contributed by atoms with Crippen LogP contribution in [0, 0.1) is 24.7 Å². The first-order chi connectivity index (χ1) is 10.3. The fourth-order valence-electron chi connectivity index (χ4n) is 4.75. The molecule has 1 aromatic carbocycles. The molecule has 0 N–H and O–H groups in total. The van der Waals surface area contributed by atoms with Gasteiger partial charge in [-0.25, -0.2) is 0 Å². The summed E-state index contributed by atoms with van der Waals surface area (Å²) in [6, 6.07) is 7.12. The van der Waals surface area contributed by atoms with Crippen molar-refractivity contribution in [1.29, 1.82) is 0 Å². The van der Waals surface area contributed by atoms with Gasteiger partial charge >= 0.3 is 0 Å². The Kier molecular flexibility index (Phi) is 5.03. The Labute approximate surface area is 131 Å². The summed E-state index contributed by atoms with van der Waals surface area (Å²) in [7, 11) is 0. The van der Waals surface area contributed by atoms with Crippen LogP contribution in [0.5, 0.6) is 0 Å². The van der Waals surface area contributed by atoms with Gasteiger partial charge in [-0.05, 0) is 61.5 Å². The largest absolute Gasteiger partial charge is 0.0654 e. The van der Waals surface area contributed by atoms with E-state index in [9.17, 15) is 0 Å². The average molecular weight is 284 g/mol. The minimum Gasteiger partial charge on any atom is -0.0654 e. The second kappa shape index (κ2) is 6.99. The summed E-state index contributed by atoms with van der Waals surface area (Å²) >= 11 is 0. The van der Waals surface area contributed by atoms with Crippen LogP contribution in [0.25, 0.3) is 0 Å². The lowest BCUT2D eigenvalue weighted by molar-refractivity contribution is 0.200. The highest BCUT2D eigenvalue weighted by Crippen LogP contribution is 2.41. The van der Waals surface area contributed by atoms with Gasteiger partial charge in [0.15, 0.2) is 0 Å². The Morgan fingerprint density at radius 2 is 1.67 bits per heavy atom. The van der Waals surface area contributed by atoms with Crippen molar-refractivity contribution >= 4 is 0 Å². The summed E-state index contributed by atoms with van der Waals surface area (Å²) in [5.74, 6) is 3.03. The predicted molar refractivity (Wildman–Crippen MR) is 91.7 cm³/mol. The van der Waals surface area contributed by atoms with E-state index in [0.29, 0.717) is 0 Å². The molecule has 1 fully saturated rings. The molecule has 3 rings (SSSR count). The summed E-state index contributed by atoms with van der Waals surface area (Å²) in [5.41, 5.74) is 4.75. The van der Waals surface area contributed by atoms with Gasteiger partial charge in [0, 0.05) is 0 Å². The number of fused-ring (bicyclic) bond motifs is 1. The normalized spacial score (nSPS) is 28.6. The molecule has 2 aliphatic carbocycles. The molecule has 0 nitrogen and oxygen atoms in total. The first kappa shape index (κ1) is 15.1. The number of rotatable bonds is 5. The second-order valence-corrected chi connectivity index (χ2v) is 7.72. The van der Waals surface area contributed by atoms with E-state index in [1.807, 2.05) is 0 Å². The molecule has 0 amide bonds. The zero-order valence-electron chi connectivity index (χ0n) is 14.0. The standard InChI is InChI=1S/C21H32/c1-3-4-5-6-17-8-11-18(12-9-17)21-14-19-10-7-16(2)13-20(19)15-21/h7,10,13,17-18,21H,3-6,8-9,11-12,14-15H2,1-2H3/t17-,18-,21?. The molecule has 2 aliphatic rings. The fourth-order valence-corrected chi connectivity index (χ4v) is 4.75. The molecule has 1 unspecified atom stereocenters. The third kappa shape index (κ3) is 3.71. The van der Waals surface area contributed by atoms with Crippen molar-refractivity contribution in [2.45, 2.75) is 78.1 Å². The highest BCUT2D eigenvalue weighted by atomic mass is 14.4. The monoisotopic (exact) mass is 284 g/mol. The maximum Gasteiger partial charge on any atom is -0.0242 e. The topological polar surface area (TPSA) is 0 Å². The van der Waals surface area contributed by atoms with Gasteiger partial charge in [0.05, 0.1) is 0 Å². The lowest BCUT2D eigenvalue weighted by Crippen LogP contribution is -2.22. The Balaban J connectivity index is 1.48. The molecule has 0 aliphatic heterocycles. The number of benzene rings is 1. The summed E-state index contributed by atoms with van der Waals surface area (Å²) in [6.45, 7) is 4.55. The Hall–Kier alpha value is -0.780. The molecule has 0 bridgehead atoms. The SMILES string of the molecule is CCCCC[C@H]1CC[C@H](C2Cc3ccc(C)cc3C2)CC1. The highest BCUT2D eigenvalue weighted by Gasteiger charge is 2.31. The summed E-state index contributed by atoms with van der Waals surface area (Å²) in [6.07, 6.45) is 14.6.